The molecule has 0 spiro atoms. The highest BCUT2D eigenvalue weighted by atomic mass is 14.7. The summed E-state index contributed by atoms with van der Waals surface area (Å²) < 4.78 is 0. The van der Waals surface area contributed by atoms with Gasteiger partial charge >= 0.3 is 0 Å². The highest BCUT2D eigenvalue weighted by Crippen LogP contribution is 2.37. The standard InChI is InChI=1S/C14H27N/c1-2-11-5-8-13(9-6-11)14(15)10-7-12-3-4-12/h11-14H,2-10,15H2,1H3. The van der Waals surface area contributed by atoms with Crippen molar-refractivity contribution >= 4 is 0 Å². The van der Waals surface area contributed by atoms with Gasteiger partial charge in [-0.3, -0.25) is 0 Å². The van der Waals surface area contributed by atoms with Gasteiger partial charge in [-0.2, -0.15) is 0 Å². The largest absolute Gasteiger partial charge is 0.327 e. The van der Waals surface area contributed by atoms with Gasteiger partial charge < -0.3 is 5.73 Å². The first-order valence-electron chi connectivity index (χ1n) is 7.05. The van der Waals surface area contributed by atoms with E-state index in [0.717, 1.165) is 17.8 Å². The smallest absolute Gasteiger partial charge is 0.00672 e. The quantitative estimate of drug-likeness (QED) is 0.733. The minimum Gasteiger partial charge on any atom is -0.327 e. The van der Waals surface area contributed by atoms with E-state index in [2.05, 4.69) is 6.92 Å². The molecule has 2 fully saturated rings. The van der Waals surface area contributed by atoms with Crippen molar-refractivity contribution in [3.8, 4) is 0 Å². The van der Waals surface area contributed by atoms with Crippen molar-refractivity contribution in [2.45, 2.75) is 70.8 Å². The fourth-order valence-electron chi connectivity index (χ4n) is 3.10. The molecule has 2 rings (SSSR count). The van der Waals surface area contributed by atoms with Gasteiger partial charge in [0.05, 0.1) is 0 Å². The predicted molar refractivity (Wildman–Crippen MR) is 65.7 cm³/mol. The summed E-state index contributed by atoms with van der Waals surface area (Å²) in [5.41, 5.74) is 6.31. The third-order valence-electron chi connectivity index (χ3n) is 4.68. The maximum atomic E-state index is 6.31. The summed E-state index contributed by atoms with van der Waals surface area (Å²) in [5, 5.41) is 0. The van der Waals surface area contributed by atoms with E-state index in [-0.39, 0.29) is 0 Å². The topological polar surface area (TPSA) is 26.0 Å². The molecule has 0 bridgehead atoms. The Hall–Kier alpha value is -0.0400. The van der Waals surface area contributed by atoms with E-state index in [4.69, 9.17) is 5.73 Å². The second kappa shape index (κ2) is 5.34. The lowest BCUT2D eigenvalue weighted by Gasteiger charge is -2.31. The van der Waals surface area contributed by atoms with Gasteiger partial charge in [0.1, 0.15) is 0 Å². The van der Waals surface area contributed by atoms with Crippen LogP contribution in [0, 0.1) is 17.8 Å². The maximum absolute atomic E-state index is 6.31. The Bertz CT molecular complexity index is 178. The van der Waals surface area contributed by atoms with Gasteiger partial charge in [-0.25, -0.2) is 0 Å². The molecule has 1 unspecified atom stereocenters. The van der Waals surface area contributed by atoms with Crippen molar-refractivity contribution in [3.05, 3.63) is 0 Å². The Morgan fingerprint density at radius 3 is 2.13 bits per heavy atom. The Labute approximate surface area is 94.8 Å². The first kappa shape index (κ1) is 11.4. The molecule has 2 aliphatic carbocycles. The lowest BCUT2D eigenvalue weighted by molar-refractivity contribution is 0.230. The van der Waals surface area contributed by atoms with Gasteiger partial charge in [-0.1, -0.05) is 39.0 Å². The average molecular weight is 209 g/mol. The molecular formula is C14H27N. The molecule has 88 valence electrons. The monoisotopic (exact) mass is 209 g/mol. The second-order valence-corrected chi connectivity index (χ2v) is 5.87. The second-order valence-electron chi connectivity index (χ2n) is 5.87. The Morgan fingerprint density at radius 2 is 1.60 bits per heavy atom. The SMILES string of the molecule is CCC1CCC(C(N)CCC2CC2)CC1. The van der Waals surface area contributed by atoms with E-state index in [1.54, 1.807) is 0 Å². The molecule has 0 aromatic rings. The van der Waals surface area contributed by atoms with Crippen LogP contribution in [0.25, 0.3) is 0 Å². The number of rotatable bonds is 5. The van der Waals surface area contributed by atoms with Gasteiger partial charge in [0.25, 0.3) is 0 Å². The van der Waals surface area contributed by atoms with E-state index in [1.807, 2.05) is 0 Å². The molecule has 0 aliphatic heterocycles. The van der Waals surface area contributed by atoms with Crippen LogP contribution >= 0.6 is 0 Å². The van der Waals surface area contributed by atoms with Crippen molar-refractivity contribution in [1.82, 2.24) is 0 Å². The molecule has 1 atom stereocenters. The van der Waals surface area contributed by atoms with Gasteiger partial charge in [-0.05, 0) is 43.4 Å². The van der Waals surface area contributed by atoms with Gasteiger partial charge in [-0.15, -0.1) is 0 Å². The van der Waals surface area contributed by atoms with Crippen LogP contribution in [0.3, 0.4) is 0 Å². The molecule has 2 saturated carbocycles. The summed E-state index contributed by atoms with van der Waals surface area (Å²) in [6.45, 7) is 2.33. The zero-order valence-corrected chi connectivity index (χ0v) is 10.3. The van der Waals surface area contributed by atoms with E-state index in [9.17, 15) is 0 Å². The minimum absolute atomic E-state index is 0.517. The van der Waals surface area contributed by atoms with E-state index >= 15 is 0 Å². The summed E-state index contributed by atoms with van der Waals surface area (Å²) in [7, 11) is 0. The molecule has 2 N–H and O–H groups in total. The highest BCUT2D eigenvalue weighted by molar-refractivity contribution is 4.82. The van der Waals surface area contributed by atoms with Crippen molar-refractivity contribution in [1.29, 1.82) is 0 Å². The molecule has 0 aromatic carbocycles. The van der Waals surface area contributed by atoms with Crippen LogP contribution < -0.4 is 5.73 Å². The van der Waals surface area contributed by atoms with Crippen LogP contribution in [0.2, 0.25) is 0 Å². The van der Waals surface area contributed by atoms with Gasteiger partial charge in [0.15, 0.2) is 0 Å². The first-order valence-corrected chi connectivity index (χ1v) is 7.05. The molecular weight excluding hydrogens is 182 g/mol. The van der Waals surface area contributed by atoms with Crippen LogP contribution in [0.4, 0.5) is 0 Å². The lowest BCUT2D eigenvalue weighted by Crippen LogP contribution is -2.33. The van der Waals surface area contributed by atoms with Crippen LogP contribution in [0.5, 0.6) is 0 Å². The Balaban J connectivity index is 1.64. The minimum atomic E-state index is 0.517. The molecule has 1 heteroatoms. The molecule has 0 aromatic heterocycles. The summed E-state index contributed by atoms with van der Waals surface area (Å²) in [6.07, 6.45) is 12.8. The van der Waals surface area contributed by atoms with Crippen molar-refractivity contribution in [3.63, 3.8) is 0 Å². The normalized spacial score (nSPS) is 34.0. The summed E-state index contributed by atoms with van der Waals surface area (Å²) in [5.74, 6) is 2.92. The third kappa shape index (κ3) is 3.48. The van der Waals surface area contributed by atoms with Crippen LogP contribution in [0.1, 0.15) is 64.7 Å². The molecule has 15 heavy (non-hydrogen) atoms. The van der Waals surface area contributed by atoms with E-state index in [0.29, 0.717) is 6.04 Å². The zero-order chi connectivity index (χ0) is 10.7. The fourth-order valence-corrected chi connectivity index (χ4v) is 3.10. The Morgan fingerprint density at radius 1 is 1.00 bits per heavy atom. The van der Waals surface area contributed by atoms with Gasteiger partial charge in [0.2, 0.25) is 0 Å². The molecule has 0 radical (unpaired) electrons. The first-order chi connectivity index (χ1) is 7.29. The van der Waals surface area contributed by atoms with Crippen LogP contribution in [0.15, 0.2) is 0 Å². The highest BCUT2D eigenvalue weighted by Gasteiger charge is 2.27. The molecule has 1 nitrogen and oxygen atoms in total. The van der Waals surface area contributed by atoms with E-state index < -0.39 is 0 Å². The summed E-state index contributed by atoms with van der Waals surface area (Å²) in [4.78, 5) is 0. The van der Waals surface area contributed by atoms with E-state index in [1.165, 1.54) is 57.8 Å². The Kier molecular flexibility index (Phi) is 4.07. The molecule has 0 amide bonds. The summed E-state index contributed by atoms with van der Waals surface area (Å²) in [6, 6.07) is 0.517. The van der Waals surface area contributed by atoms with Crippen molar-refractivity contribution in [2.75, 3.05) is 0 Å². The number of nitrogens with two attached hydrogens (primary N) is 1. The number of hydrogen-bond donors (Lipinski definition) is 1. The fraction of sp³-hybridized carbons (Fsp3) is 1.00. The van der Waals surface area contributed by atoms with Crippen LogP contribution in [-0.2, 0) is 0 Å². The number of hydrogen-bond acceptors (Lipinski definition) is 1. The third-order valence-corrected chi connectivity index (χ3v) is 4.68. The molecule has 0 heterocycles. The van der Waals surface area contributed by atoms with Gasteiger partial charge in [0, 0.05) is 6.04 Å². The predicted octanol–water partition coefficient (Wildman–Crippen LogP) is 3.72. The van der Waals surface area contributed by atoms with Crippen molar-refractivity contribution < 1.29 is 0 Å². The van der Waals surface area contributed by atoms with Crippen LogP contribution in [-0.4, -0.2) is 6.04 Å². The molecule has 0 saturated heterocycles. The summed E-state index contributed by atoms with van der Waals surface area (Å²) >= 11 is 0. The van der Waals surface area contributed by atoms with Crippen molar-refractivity contribution in [2.24, 2.45) is 23.5 Å². The lowest BCUT2D eigenvalue weighted by atomic mass is 9.77. The maximum Gasteiger partial charge on any atom is 0.00672 e. The average Bonchev–Trinajstić information content (AvgIpc) is 3.10. The molecule has 2 aliphatic rings. The zero-order valence-electron chi connectivity index (χ0n) is 10.3.